The summed E-state index contributed by atoms with van der Waals surface area (Å²) >= 11 is 0. The molecule has 0 atom stereocenters. The molecule has 3 aromatic heterocycles. The van der Waals surface area contributed by atoms with E-state index in [4.69, 9.17) is 10.7 Å². The third kappa shape index (κ3) is 3.15. The van der Waals surface area contributed by atoms with E-state index in [2.05, 4.69) is 26.7 Å². The zero-order valence-corrected chi connectivity index (χ0v) is 18.2. The number of pyridine rings is 2. The molecule has 2 aromatic carbocycles. The molecule has 3 heterocycles. The molecular weight excluding hydrogens is 396 g/mol. The number of aromatic nitrogens is 4. The molecule has 32 heavy (non-hydrogen) atoms. The zero-order valence-electron chi connectivity index (χ0n) is 18.2. The summed E-state index contributed by atoms with van der Waals surface area (Å²) in [6.07, 6.45) is 3.60. The van der Waals surface area contributed by atoms with Crippen LogP contribution in [-0.2, 0) is 5.41 Å². The van der Waals surface area contributed by atoms with Gasteiger partial charge in [-0.3, -0.25) is 9.55 Å². The Hall–Kier alpha value is -4.24. The first-order valence-electron chi connectivity index (χ1n) is 10.4. The van der Waals surface area contributed by atoms with Crippen molar-refractivity contribution in [3.63, 3.8) is 0 Å². The molecule has 0 aliphatic carbocycles. The average molecular weight is 419 g/mol. The van der Waals surface area contributed by atoms with Crippen LogP contribution in [0.25, 0.3) is 38.8 Å². The minimum atomic E-state index is -0.538. The second kappa shape index (κ2) is 7.17. The van der Waals surface area contributed by atoms with Crippen LogP contribution in [0.15, 0.2) is 67.0 Å². The molecular formula is C26H22N6. The van der Waals surface area contributed by atoms with Crippen LogP contribution >= 0.6 is 0 Å². The number of nitrogen functional groups attached to an aromatic ring is 1. The van der Waals surface area contributed by atoms with Gasteiger partial charge in [-0.1, -0.05) is 18.2 Å². The number of benzene rings is 2. The van der Waals surface area contributed by atoms with Gasteiger partial charge in [-0.2, -0.15) is 5.26 Å². The highest BCUT2D eigenvalue weighted by Crippen LogP contribution is 2.32. The van der Waals surface area contributed by atoms with Crippen LogP contribution in [0.5, 0.6) is 0 Å². The number of hydrogen-bond acceptors (Lipinski definition) is 5. The molecule has 6 heteroatoms. The van der Waals surface area contributed by atoms with Gasteiger partial charge in [0.25, 0.3) is 0 Å². The number of fused-ring (bicyclic) bond motifs is 3. The lowest BCUT2D eigenvalue weighted by Gasteiger charge is -2.17. The maximum atomic E-state index is 9.46. The Morgan fingerprint density at radius 1 is 0.906 bits per heavy atom. The maximum absolute atomic E-state index is 9.46. The first-order chi connectivity index (χ1) is 15.4. The van der Waals surface area contributed by atoms with Gasteiger partial charge in [0.05, 0.1) is 28.7 Å². The third-order valence-electron chi connectivity index (χ3n) is 5.90. The number of anilines is 1. The lowest BCUT2D eigenvalue weighted by molar-refractivity contribution is 0.686. The molecule has 0 fully saturated rings. The van der Waals surface area contributed by atoms with E-state index >= 15 is 0 Å². The van der Waals surface area contributed by atoms with E-state index in [9.17, 15) is 5.26 Å². The van der Waals surface area contributed by atoms with Gasteiger partial charge >= 0.3 is 0 Å². The highest BCUT2D eigenvalue weighted by atomic mass is 15.1. The van der Waals surface area contributed by atoms with Gasteiger partial charge in [-0.25, -0.2) is 9.97 Å². The number of hydrogen-bond donors (Lipinski definition) is 1. The molecule has 0 radical (unpaired) electrons. The topological polar surface area (TPSA) is 93.4 Å². The summed E-state index contributed by atoms with van der Waals surface area (Å²) in [4.78, 5) is 13.6. The van der Waals surface area contributed by atoms with E-state index in [0.717, 1.165) is 50.1 Å². The Kier molecular flexibility index (Phi) is 4.42. The Balaban J connectivity index is 1.73. The van der Waals surface area contributed by atoms with Gasteiger partial charge in [0, 0.05) is 22.8 Å². The summed E-state index contributed by atoms with van der Waals surface area (Å²) in [5, 5.41) is 10.5. The fourth-order valence-electron chi connectivity index (χ4n) is 4.03. The first kappa shape index (κ1) is 19.7. The average Bonchev–Trinajstić information content (AvgIpc) is 3.15. The van der Waals surface area contributed by atoms with Crippen LogP contribution in [0.3, 0.4) is 0 Å². The quantitative estimate of drug-likeness (QED) is 0.427. The summed E-state index contributed by atoms with van der Waals surface area (Å²) < 4.78 is 2.15. The van der Waals surface area contributed by atoms with Crippen molar-refractivity contribution in [1.29, 1.82) is 5.26 Å². The van der Waals surface area contributed by atoms with E-state index in [1.165, 1.54) is 0 Å². The van der Waals surface area contributed by atoms with Crippen molar-refractivity contribution < 1.29 is 0 Å². The lowest BCUT2D eigenvalue weighted by atomic mass is 9.86. The molecule has 0 unspecified atom stereocenters. The standard InChI is InChI=1S/C26H22N6/c1-16-31-23-14-29-22-10-4-17(18-5-11-24(28)30-13-18)12-21(22)25(23)32(16)20-8-6-19(7-9-20)26(2,3)15-27/h4-14H,1-3H3,(H2,28,30). The Morgan fingerprint density at radius 3 is 2.34 bits per heavy atom. The van der Waals surface area contributed by atoms with E-state index in [1.54, 1.807) is 12.3 Å². The molecule has 0 saturated carbocycles. The van der Waals surface area contributed by atoms with Crippen LogP contribution in [-0.4, -0.2) is 19.5 Å². The zero-order chi connectivity index (χ0) is 22.5. The van der Waals surface area contributed by atoms with Crippen molar-refractivity contribution in [2.75, 3.05) is 5.73 Å². The molecule has 0 aliphatic heterocycles. The molecule has 0 saturated heterocycles. The van der Waals surface area contributed by atoms with Crippen molar-refractivity contribution in [2.45, 2.75) is 26.2 Å². The predicted molar refractivity (Wildman–Crippen MR) is 127 cm³/mol. The second-order valence-corrected chi connectivity index (χ2v) is 8.47. The molecule has 0 aliphatic rings. The van der Waals surface area contributed by atoms with Gasteiger partial charge in [-0.05, 0) is 68.3 Å². The van der Waals surface area contributed by atoms with Gasteiger partial charge in [0.15, 0.2) is 0 Å². The summed E-state index contributed by atoms with van der Waals surface area (Å²) in [7, 11) is 0. The number of nitrogens with two attached hydrogens (primary N) is 1. The highest BCUT2D eigenvalue weighted by molar-refractivity contribution is 6.04. The molecule has 156 valence electrons. The minimum absolute atomic E-state index is 0.496. The van der Waals surface area contributed by atoms with Crippen molar-refractivity contribution in [2.24, 2.45) is 0 Å². The minimum Gasteiger partial charge on any atom is -0.384 e. The van der Waals surface area contributed by atoms with E-state index in [1.807, 2.05) is 69.4 Å². The van der Waals surface area contributed by atoms with E-state index < -0.39 is 5.41 Å². The Bertz CT molecular complexity index is 1500. The number of aryl methyl sites for hydroxylation is 1. The molecule has 0 spiro atoms. The van der Waals surface area contributed by atoms with E-state index in [-0.39, 0.29) is 0 Å². The summed E-state index contributed by atoms with van der Waals surface area (Å²) in [5.74, 6) is 1.37. The first-order valence-corrected chi connectivity index (χ1v) is 10.4. The van der Waals surface area contributed by atoms with Crippen molar-refractivity contribution in [3.05, 3.63) is 78.4 Å². The smallest absolute Gasteiger partial charge is 0.123 e. The van der Waals surface area contributed by atoms with Gasteiger partial charge in [0.1, 0.15) is 17.2 Å². The summed E-state index contributed by atoms with van der Waals surface area (Å²) in [5.41, 5.74) is 12.0. The van der Waals surface area contributed by atoms with Gasteiger partial charge < -0.3 is 5.73 Å². The van der Waals surface area contributed by atoms with Crippen LogP contribution < -0.4 is 5.73 Å². The molecule has 6 nitrogen and oxygen atoms in total. The molecule has 5 rings (SSSR count). The molecule has 0 bridgehead atoms. The SMILES string of the molecule is Cc1nc2cnc3ccc(-c4ccc(N)nc4)cc3c2n1-c1ccc(C(C)(C)C#N)cc1. The highest BCUT2D eigenvalue weighted by Gasteiger charge is 2.20. The van der Waals surface area contributed by atoms with Crippen molar-refractivity contribution in [3.8, 4) is 22.9 Å². The van der Waals surface area contributed by atoms with Crippen molar-refractivity contribution in [1.82, 2.24) is 19.5 Å². The molecule has 0 amide bonds. The van der Waals surface area contributed by atoms with Crippen LogP contribution in [0.2, 0.25) is 0 Å². The fourth-order valence-corrected chi connectivity index (χ4v) is 4.03. The maximum Gasteiger partial charge on any atom is 0.123 e. The van der Waals surface area contributed by atoms with Crippen LogP contribution in [0.1, 0.15) is 25.2 Å². The van der Waals surface area contributed by atoms with Crippen molar-refractivity contribution >= 4 is 27.8 Å². The summed E-state index contributed by atoms with van der Waals surface area (Å²) in [6, 6.07) is 20.4. The summed E-state index contributed by atoms with van der Waals surface area (Å²) in [6.45, 7) is 5.84. The van der Waals surface area contributed by atoms with Gasteiger partial charge in [0.2, 0.25) is 0 Å². The van der Waals surface area contributed by atoms with Gasteiger partial charge in [-0.15, -0.1) is 0 Å². The monoisotopic (exact) mass is 418 g/mol. The fraction of sp³-hybridized carbons (Fsp3) is 0.154. The largest absolute Gasteiger partial charge is 0.384 e. The van der Waals surface area contributed by atoms with E-state index in [0.29, 0.717) is 5.82 Å². The van der Waals surface area contributed by atoms with Crippen LogP contribution in [0.4, 0.5) is 5.82 Å². The number of imidazole rings is 1. The molecule has 2 N–H and O–H groups in total. The number of nitriles is 1. The number of rotatable bonds is 3. The normalized spacial score (nSPS) is 11.7. The Labute approximate surface area is 186 Å². The predicted octanol–water partition coefficient (Wildman–Crippen LogP) is 5.33. The second-order valence-electron chi connectivity index (χ2n) is 8.47. The Morgan fingerprint density at radius 2 is 1.66 bits per heavy atom. The third-order valence-corrected chi connectivity index (χ3v) is 5.90. The number of nitrogens with zero attached hydrogens (tertiary/aromatic N) is 5. The molecule has 5 aromatic rings. The lowest BCUT2D eigenvalue weighted by Crippen LogP contribution is -2.13. The van der Waals surface area contributed by atoms with Crippen LogP contribution in [0, 0.1) is 18.3 Å².